The molecule has 0 N–H and O–H groups in total. The average Bonchev–Trinajstić information content (AvgIpc) is 2.61. The maximum atomic E-state index is 11.0. The second-order valence-electron chi connectivity index (χ2n) is 4.86. The van der Waals surface area contributed by atoms with Gasteiger partial charge in [0.25, 0.3) is 0 Å². The lowest BCUT2D eigenvalue weighted by molar-refractivity contribution is -0.255. The summed E-state index contributed by atoms with van der Waals surface area (Å²) in [4.78, 5) is 21.7. The molecule has 0 radical (unpaired) electrons. The van der Waals surface area contributed by atoms with Crippen molar-refractivity contribution >= 4 is 12.3 Å². The zero-order chi connectivity index (χ0) is 17.4. The molecule has 0 amide bonds. The van der Waals surface area contributed by atoms with Crippen molar-refractivity contribution in [3.8, 4) is 17.2 Å². The van der Waals surface area contributed by atoms with Gasteiger partial charge in [0, 0.05) is 17.5 Å². The second-order valence-corrected chi connectivity index (χ2v) is 4.86. The van der Waals surface area contributed by atoms with Crippen LogP contribution in [0.3, 0.4) is 0 Å². The van der Waals surface area contributed by atoms with Gasteiger partial charge in [0.1, 0.15) is 12.0 Å². The van der Waals surface area contributed by atoms with Crippen molar-refractivity contribution in [2.45, 2.75) is 6.42 Å². The van der Waals surface area contributed by atoms with Crippen LogP contribution in [0.15, 0.2) is 42.5 Å². The lowest BCUT2D eigenvalue weighted by Crippen LogP contribution is -2.23. The van der Waals surface area contributed by atoms with Crippen LogP contribution in [0.1, 0.15) is 27.1 Å². The van der Waals surface area contributed by atoms with Crippen molar-refractivity contribution < 1.29 is 28.9 Å². The number of carboxylic acid groups (broad SMARTS) is 1. The van der Waals surface area contributed by atoms with Crippen molar-refractivity contribution in [3.63, 3.8) is 0 Å². The SMILES string of the molecule is COc1cc(C=O)ccc1OCCCOc1ccccc1C(=O)[O-]. The van der Waals surface area contributed by atoms with Crippen molar-refractivity contribution in [3.05, 3.63) is 53.6 Å². The number of carbonyl (C=O) groups excluding carboxylic acids is 2. The van der Waals surface area contributed by atoms with Gasteiger partial charge in [-0.2, -0.15) is 0 Å². The Morgan fingerprint density at radius 1 is 1.04 bits per heavy atom. The highest BCUT2D eigenvalue weighted by Crippen LogP contribution is 2.27. The Morgan fingerprint density at radius 3 is 2.42 bits per heavy atom. The summed E-state index contributed by atoms with van der Waals surface area (Å²) in [5.41, 5.74) is 0.519. The Hall–Kier alpha value is -3.02. The van der Waals surface area contributed by atoms with E-state index in [4.69, 9.17) is 14.2 Å². The van der Waals surface area contributed by atoms with E-state index in [1.54, 1.807) is 36.4 Å². The summed E-state index contributed by atoms with van der Waals surface area (Å²) in [6.07, 6.45) is 1.27. The Kier molecular flexibility index (Phi) is 6.19. The number of hydrogen-bond donors (Lipinski definition) is 0. The Bertz CT molecular complexity index is 710. The van der Waals surface area contributed by atoms with Crippen molar-refractivity contribution in [1.82, 2.24) is 0 Å². The summed E-state index contributed by atoms with van der Waals surface area (Å²) < 4.78 is 16.2. The second kappa shape index (κ2) is 8.57. The van der Waals surface area contributed by atoms with Crippen LogP contribution in [0.2, 0.25) is 0 Å². The monoisotopic (exact) mass is 329 g/mol. The molecule has 0 fully saturated rings. The molecule has 0 saturated carbocycles. The molecule has 0 aromatic heterocycles. The number of aldehydes is 1. The number of methoxy groups -OCH3 is 1. The quantitative estimate of drug-likeness (QED) is 0.514. The van der Waals surface area contributed by atoms with Gasteiger partial charge >= 0.3 is 0 Å². The van der Waals surface area contributed by atoms with Crippen molar-refractivity contribution in [1.29, 1.82) is 0 Å². The van der Waals surface area contributed by atoms with Crippen LogP contribution in [-0.2, 0) is 0 Å². The summed E-state index contributed by atoms with van der Waals surface area (Å²) in [5.74, 6) is -0.00618. The molecule has 6 nitrogen and oxygen atoms in total. The number of carboxylic acids is 1. The molecule has 6 heteroatoms. The van der Waals surface area contributed by atoms with Gasteiger partial charge in [-0.15, -0.1) is 0 Å². The van der Waals surface area contributed by atoms with Crippen LogP contribution in [0, 0.1) is 0 Å². The van der Waals surface area contributed by atoms with E-state index in [1.165, 1.54) is 13.2 Å². The third kappa shape index (κ3) is 4.49. The summed E-state index contributed by atoms with van der Waals surface area (Å²) in [6, 6.07) is 11.2. The lowest BCUT2D eigenvalue weighted by atomic mass is 10.2. The van der Waals surface area contributed by atoms with E-state index in [2.05, 4.69) is 0 Å². The minimum Gasteiger partial charge on any atom is -0.545 e. The van der Waals surface area contributed by atoms with E-state index in [1.807, 2.05) is 0 Å². The van der Waals surface area contributed by atoms with E-state index in [9.17, 15) is 14.7 Å². The number of carbonyl (C=O) groups is 2. The molecule has 126 valence electrons. The minimum atomic E-state index is -1.28. The molecule has 24 heavy (non-hydrogen) atoms. The zero-order valence-electron chi connectivity index (χ0n) is 13.2. The third-order valence-corrected chi connectivity index (χ3v) is 3.23. The largest absolute Gasteiger partial charge is 0.545 e. The fourth-order valence-corrected chi connectivity index (χ4v) is 2.06. The van der Waals surface area contributed by atoms with Crippen LogP contribution >= 0.6 is 0 Å². The van der Waals surface area contributed by atoms with Gasteiger partial charge in [-0.1, -0.05) is 12.1 Å². The van der Waals surface area contributed by atoms with Crippen molar-refractivity contribution in [2.24, 2.45) is 0 Å². The Labute approximate surface area is 139 Å². The number of aromatic carboxylic acids is 1. The maximum Gasteiger partial charge on any atom is 0.161 e. The molecule has 0 unspecified atom stereocenters. The predicted octanol–water partition coefficient (Wildman–Crippen LogP) is 1.72. The van der Waals surface area contributed by atoms with E-state index >= 15 is 0 Å². The predicted molar refractivity (Wildman–Crippen MR) is 84.8 cm³/mol. The molecule has 0 aliphatic heterocycles. The summed E-state index contributed by atoms with van der Waals surface area (Å²) in [7, 11) is 1.50. The molecular weight excluding hydrogens is 312 g/mol. The molecule has 0 spiro atoms. The Morgan fingerprint density at radius 2 is 1.75 bits per heavy atom. The highest BCUT2D eigenvalue weighted by molar-refractivity contribution is 5.89. The van der Waals surface area contributed by atoms with Gasteiger partial charge in [-0.05, 0) is 30.3 Å². The summed E-state index contributed by atoms with van der Waals surface area (Å²) in [6.45, 7) is 0.642. The first-order chi connectivity index (χ1) is 11.7. The molecule has 2 aromatic carbocycles. The number of rotatable bonds is 9. The number of benzene rings is 2. The summed E-state index contributed by atoms with van der Waals surface area (Å²) >= 11 is 0. The van der Waals surface area contributed by atoms with Gasteiger partial charge in [-0.25, -0.2) is 0 Å². The Balaban J connectivity index is 1.84. The maximum absolute atomic E-state index is 11.0. The van der Waals surface area contributed by atoms with Crippen LogP contribution in [-0.4, -0.2) is 32.6 Å². The van der Waals surface area contributed by atoms with Gasteiger partial charge in [0.2, 0.25) is 0 Å². The fourth-order valence-electron chi connectivity index (χ4n) is 2.06. The normalized spacial score (nSPS) is 10.0. The molecule has 0 heterocycles. The number of para-hydroxylation sites is 1. The van der Waals surface area contributed by atoms with Gasteiger partial charge in [-0.3, -0.25) is 4.79 Å². The molecule has 2 aromatic rings. The van der Waals surface area contributed by atoms with Gasteiger partial charge < -0.3 is 24.1 Å². The highest BCUT2D eigenvalue weighted by atomic mass is 16.5. The first kappa shape index (κ1) is 17.3. The van der Waals surface area contributed by atoms with E-state index in [-0.39, 0.29) is 11.3 Å². The molecule has 0 atom stereocenters. The van der Waals surface area contributed by atoms with Crippen LogP contribution in [0.25, 0.3) is 0 Å². The van der Waals surface area contributed by atoms with Gasteiger partial charge in [0.15, 0.2) is 11.5 Å². The highest BCUT2D eigenvalue weighted by Gasteiger charge is 2.06. The van der Waals surface area contributed by atoms with Crippen molar-refractivity contribution in [2.75, 3.05) is 20.3 Å². The third-order valence-electron chi connectivity index (χ3n) is 3.23. The van der Waals surface area contributed by atoms with Crippen LogP contribution in [0.5, 0.6) is 17.2 Å². The molecule has 2 rings (SSSR count). The minimum absolute atomic E-state index is 0.0181. The van der Waals surface area contributed by atoms with Crippen LogP contribution in [0.4, 0.5) is 0 Å². The molecule has 0 aliphatic carbocycles. The molecule has 0 saturated heterocycles. The number of ether oxygens (including phenoxy) is 3. The molecular formula is C18H17O6-. The smallest absolute Gasteiger partial charge is 0.161 e. The van der Waals surface area contributed by atoms with E-state index in [0.717, 1.165) is 6.29 Å². The fraction of sp³-hybridized carbons (Fsp3) is 0.222. The average molecular weight is 329 g/mol. The lowest BCUT2D eigenvalue weighted by Gasteiger charge is -2.13. The molecule has 0 bridgehead atoms. The van der Waals surface area contributed by atoms with Crippen LogP contribution < -0.4 is 19.3 Å². The first-order valence-electron chi connectivity index (χ1n) is 7.35. The van der Waals surface area contributed by atoms with E-state index < -0.39 is 5.97 Å². The van der Waals surface area contributed by atoms with E-state index in [0.29, 0.717) is 36.7 Å². The summed E-state index contributed by atoms with van der Waals surface area (Å²) in [5, 5.41) is 11.0. The van der Waals surface area contributed by atoms with Gasteiger partial charge in [0.05, 0.1) is 26.3 Å². The zero-order valence-corrected chi connectivity index (χ0v) is 13.2. The first-order valence-corrected chi connectivity index (χ1v) is 7.35. The number of hydrogen-bond acceptors (Lipinski definition) is 6. The topological polar surface area (TPSA) is 84.9 Å². The molecule has 0 aliphatic rings. The standard InChI is InChI=1S/C18H18O6/c1-22-17-11-13(12-19)7-8-16(17)24-10-4-9-23-15-6-3-2-5-14(15)18(20)21/h2-3,5-8,11-12H,4,9-10H2,1H3,(H,20,21)/p-1.